The number of aromatic amines is 1. The Hall–Kier alpha value is -3.23. The van der Waals surface area contributed by atoms with Crippen LogP contribution in [-0.2, 0) is 16.1 Å². The van der Waals surface area contributed by atoms with Gasteiger partial charge in [0, 0.05) is 19.2 Å². The van der Waals surface area contributed by atoms with Crippen LogP contribution in [0.3, 0.4) is 0 Å². The van der Waals surface area contributed by atoms with E-state index in [0.717, 1.165) is 4.90 Å². The summed E-state index contributed by atoms with van der Waals surface area (Å²) >= 11 is 0. The van der Waals surface area contributed by atoms with Crippen LogP contribution in [0.2, 0.25) is 0 Å². The number of aromatic nitrogens is 1. The minimum atomic E-state index is -0.560. The zero-order chi connectivity index (χ0) is 18.1. The molecule has 0 atom stereocenters. The standard InChI is InChI=1S/C16H15FN4O4/c1-20-8-14(23)21(16(20)25)7-13(22)18-6-10-4-9-2-3-11(17)5-12(9)19-15(10)24/h2-5H,6-8H2,1H3,(H,18,22)(H,19,24). The number of fused-ring (bicyclic) bond motifs is 1. The predicted octanol–water partition coefficient (Wildman–Crippen LogP) is 0.177. The molecule has 2 N–H and O–H groups in total. The van der Waals surface area contributed by atoms with E-state index in [2.05, 4.69) is 10.3 Å². The molecule has 9 heteroatoms. The molecule has 1 fully saturated rings. The first-order valence-corrected chi connectivity index (χ1v) is 7.49. The third kappa shape index (κ3) is 3.35. The van der Waals surface area contributed by atoms with Gasteiger partial charge < -0.3 is 15.2 Å². The summed E-state index contributed by atoms with van der Waals surface area (Å²) in [5.74, 6) is -1.47. The number of carbonyl (C=O) groups is 3. The molecule has 25 heavy (non-hydrogen) atoms. The molecule has 0 radical (unpaired) electrons. The number of urea groups is 1. The highest BCUT2D eigenvalue weighted by Gasteiger charge is 2.34. The lowest BCUT2D eigenvalue weighted by atomic mass is 10.1. The lowest BCUT2D eigenvalue weighted by Crippen LogP contribution is -2.41. The number of nitrogens with one attached hydrogen (secondary N) is 2. The highest BCUT2D eigenvalue weighted by atomic mass is 19.1. The number of amides is 4. The quantitative estimate of drug-likeness (QED) is 0.771. The topological polar surface area (TPSA) is 103 Å². The van der Waals surface area contributed by atoms with E-state index < -0.39 is 35.8 Å². The van der Waals surface area contributed by atoms with Crippen molar-refractivity contribution in [3.8, 4) is 0 Å². The van der Waals surface area contributed by atoms with E-state index in [1.165, 1.54) is 30.1 Å². The van der Waals surface area contributed by atoms with Crippen molar-refractivity contribution in [1.82, 2.24) is 20.1 Å². The fourth-order valence-electron chi connectivity index (χ4n) is 2.57. The molecule has 4 amide bonds. The molecule has 0 spiro atoms. The molecule has 0 bridgehead atoms. The lowest BCUT2D eigenvalue weighted by Gasteiger charge is -2.13. The number of pyridine rings is 1. The van der Waals surface area contributed by atoms with Crippen LogP contribution >= 0.6 is 0 Å². The normalized spacial score (nSPS) is 14.5. The van der Waals surface area contributed by atoms with Gasteiger partial charge in [0.25, 0.3) is 11.5 Å². The third-order valence-corrected chi connectivity index (χ3v) is 3.89. The zero-order valence-electron chi connectivity index (χ0n) is 13.3. The molecule has 3 rings (SSSR count). The maximum Gasteiger partial charge on any atom is 0.327 e. The van der Waals surface area contributed by atoms with Crippen molar-refractivity contribution in [1.29, 1.82) is 0 Å². The van der Waals surface area contributed by atoms with E-state index in [1.54, 1.807) is 6.07 Å². The fraction of sp³-hybridized carbons (Fsp3) is 0.250. The van der Waals surface area contributed by atoms with Gasteiger partial charge in [0.15, 0.2) is 0 Å². The molecule has 1 aromatic heterocycles. The molecule has 1 aliphatic heterocycles. The number of halogens is 1. The number of hydrogen-bond donors (Lipinski definition) is 2. The van der Waals surface area contributed by atoms with Gasteiger partial charge in [0.2, 0.25) is 5.91 Å². The summed E-state index contributed by atoms with van der Waals surface area (Å²) in [7, 11) is 1.47. The van der Waals surface area contributed by atoms with E-state index in [-0.39, 0.29) is 18.7 Å². The fourth-order valence-corrected chi connectivity index (χ4v) is 2.57. The smallest absolute Gasteiger partial charge is 0.327 e. The summed E-state index contributed by atoms with van der Waals surface area (Å²) in [5, 5.41) is 3.12. The summed E-state index contributed by atoms with van der Waals surface area (Å²) in [6.45, 7) is -0.542. The Balaban J connectivity index is 1.68. The summed E-state index contributed by atoms with van der Waals surface area (Å²) in [6, 6.07) is 5.01. The minimum Gasteiger partial charge on any atom is -0.350 e. The average molecular weight is 346 g/mol. The van der Waals surface area contributed by atoms with Gasteiger partial charge in [-0.3, -0.25) is 19.3 Å². The number of imide groups is 1. The number of H-pyrrole nitrogens is 1. The summed E-state index contributed by atoms with van der Waals surface area (Å²) in [4.78, 5) is 51.9. The monoisotopic (exact) mass is 346 g/mol. The van der Waals surface area contributed by atoms with Gasteiger partial charge in [-0.2, -0.15) is 0 Å². The van der Waals surface area contributed by atoms with Crippen molar-refractivity contribution >= 4 is 28.7 Å². The van der Waals surface area contributed by atoms with Crippen LogP contribution < -0.4 is 10.9 Å². The first-order chi connectivity index (χ1) is 11.8. The van der Waals surface area contributed by atoms with Gasteiger partial charge in [0.1, 0.15) is 18.9 Å². The highest BCUT2D eigenvalue weighted by Crippen LogP contribution is 2.12. The predicted molar refractivity (Wildman–Crippen MR) is 86.1 cm³/mol. The molecule has 1 saturated heterocycles. The molecule has 0 aliphatic carbocycles. The number of benzene rings is 1. The second kappa shape index (κ2) is 6.34. The Morgan fingerprint density at radius 1 is 1.28 bits per heavy atom. The molecule has 130 valence electrons. The molecular formula is C16H15FN4O4. The second-order valence-corrected chi connectivity index (χ2v) is 5.75. The summed E-state index contributed by atoms with van der Waals surface area (Å²) in [6.07, 6.45) is 0. The number of carbonyl (C=O) groups excluding carboxylic acids is 3. The van der Waals surface area contributed by atoms with Crippen molar-refractivity contribution in [2.24, 2.45) is 0 Å². The first kappa shape index (κ1) is 16.6. The number of likely N-dealkylation sites (N-methyl/N-ethyl adjacent to an activating group) is 1. The van der Waals surface area contributed by atoms with Gasteiger partial charge in [0.05, 0.1) is 5.52 Å². The van der Waals surface area contributed by atoms with Crippen LogP contribution in [-0.4, -0.2) is 52.8 Å². The van der Waals surface area contributed by atoms with E-state index in [0.29, 0.717) is 10.9 Å². The van der Waals surface area contributed by atoms with Crippen LogP contribution in [0.1, 0.15) is 5.56 Å². The van der Waals surface area contributed by atoms with Crippen LogP contribution in [0.5, 0.6) is 0 Å². The maximum absolute atomic E-state index is 13.2. The van der Waals surface area contributed by atoms with E-state index >= 15 is 0 Å². The number of rotatable bonds is 4. The first-order valence-electron chi connectivity index (χ1n) is 7.49. The van der Waals surface area contributed by atoms with Crippen molar-refractivity contribution in [2.45, 2.75) is 6.54 Å². The Kier molecular flexibility index (Phi) is 4.22. The Bertz CT molecular complexity index is 939. The number of hydrogen-bond acceptors (Lipinski definition) is 4. The van der Waals surface area contributed by atoms with Gasteiger partial charge in [-0.25, -0.2) is 9.18 Å². The van der Waals surface area contributed by atoms with E-state index in [4.69, 9.17) is 0 Å². The largest absolute Gasteiger partial charge is 0.350 e. The van der Waals surface area contributed by atoms with Crippen molar-refractivity contribution in [3.05, 3.63) is 46.0 Å². The lowest BCUT2D eigenvalue weighted by molar-refractivity contribution is -0.130. The van der Waals surface area contributed by atoms with Gasteiger partial charge in [-0.1, -0.05) is 0 Å². The average Bonchev–Trinajstić information content (AvgIpc) is 2.79. The molecule has 2 aromatic rings. The van der Waals surface area contributed by atoms with E-state index in [1.807, 2.05) is 0 Å². The van der Waals surface area contributed by atoms with Crippen molar-refractivity contribution < 1.29 is 18.8 Å². The van der Waals surface area contributed by atoms with Gasteiger partial charge >= 0.3 is 6.03 Å². The molecule has 8 nitrogen and oxygen atoms in total. The van der Waals surface area contributed by atoms with Crippen molar-refractivity contribution in [2.75, 3.05) is 20.1 Å². The van der Waals surface area contributed by atoms with Crippen LogP contribution in [0, 0.1) is 5.82 Å². The Labute approximate surface area is 141 Å². The minimum absolute atomic E-state index is 0.0625. The number of nitrogens with zero attached hydrogens (tertiary/aromatic N) is 2. The third-order valence-electron chi connectivity index (χ3n) is 3.89. The van der Waals surface area contributed by atoms with Gasteiger partial charge in [-0.05, 0) is 29.7 Å². The molecular weight excluding hydrogens is 331 g/mol. The van der Waals surface area contributed by atoms with E-state index in [9.17, 15) is 23.6 Å². The van der Waals surface area contributed by atoms with Gasteiger partial charge in [-0.15, -0.1) is 0 Å². The van der Waals surface area contributed by atoms with Crippen LogP contribution in [0.25, 0.3) is 10.9 Å². The second-order valence-electron chi connectivity index (χ2n) is 5.75. The van der Waals surface area contributed by atoms with Crippen molar-refractivity contribution in [3.63, 3.8) is 0 Å². The summed E-state index contributed by atoms with van der Waals surface area (Å²) in [5.41, 5.74) is 0.187. The maximum atomic E-state index is 13.2. The molecule has 2 heterocycles. The Morgan fingerprint density at radius 2 is 2.04 bits per heavy atom. The SMILES string of the molecule is CN1CC(=O)N(CC(=O)NCc2cc3ccc(F)cc3[nH]c2=O)C1=O. The molecule has 0 saturated carbocycles. The Morgan fingerprint density at radius 3 is 2.72 bits per heavy atom. The molecule has 0 unspecified atom stereocenters. The zero-order valence-corrected chi connectivity index (χ0v) is 13.3. The molecule has 1 aliphatic rings. The summed E-state index contributed by atoms with van der Waals surface area (Å²) < 4.78 is 13.2. The van der Waals surface area contributed by atoms with Crippen LogP contribution in [0.15, 0.2) is 29.1 Å². The molecule has 1 aromatic carbocycles. The highest BCUT2D eigenvalue weighted by molar-refractivity contribution is 6.04. The van der Waals surface area contributed by atoms with Crippen LogP contribution in [0.4, 0.5) is 9.18 Å².